The van der Waals surface area contributed by atoms with E-state index in [1.54, 1.807) is 0 Å². The maximum Gasteiger partial charge on any atom is 0.204 e. The zero-order chi connectivity index (χ0) is 9.80. The van der Waals surface area contributed by atoms with E-state index >= 15 is 0 Å². The Balaban J connectivity index is 1.78. The van der Waals surface area contributed by atoms with Crippen LogP contribution in [0, 0.1) is 9.87 Å². The van der Waals surface area contributed by atoms with Crippen molar-refractivity contribution in [1.82, 2.24) is 10.2 Å². The predicted molar refractivity (Wildman–Crippen MR) is 59.3 cm³/mol. The van der Waals surface area contributed by atoms with Crippen LogP contribution < -0.4 is 5.32 Å². The highest BCUT2D eigenvalue weighted by Crippen LogP contribution is 2.16. The molecular formula is C8H13N3OS2. The molecule has 0 radical (unpaired) electrons. The van der Waals surface area contributed by atoms with Crippen LogP contribution in [-0.2, 0) is 4.74 Å². The van der Waals surface area contributed by atoms with Crippen molar-refractivity contribution >= 4 is 28.7 Å². The van der Waals surface area contributed by atoms with Crippen molar-refractivity contribution in [3.63, 3.8) is 0 Å². The van der Waals surface area contributed by atoms with Gasteiger partial charge >= 0.3 is 0 Å². The van der Waals surface area contributed by atoms with Crippen LogP contribution in [0.5, 0.6) is 0 Å². The van der Waals surface area contributed by atoms with Crippen LogP contribution in [0.2, 0.25) is 0 Å². The summed E-state index contributed by atoms with van der Waals surface area (Å²) in [5.41, 5.74) is 0. The van der Waals surface area contributed by atoms with E-state index in [0.29, 0.717) is 9.87 Å². The van der Waals surface area contributed by atoms with Crippen molar-refractivity contribution in [2.24, 2.45) is 5.92 Å². The number of H-pyrrole nitrogens is 1. The molecule has 2 heterocycles. The van der Waals surface area contributed by atoms with Crippen LogP contribution in [0.25, 0.3) is 0 Å². The number of nitrogens with one attached hydrogen (secondary N) is 2. The zero-order valence-corrected chi connectivity index (χ0v) is 9.42. The fourth-order valence-electron chi connectivity index (χ4n) is 1.51. The van der Waals surface area contributed by atoms with Gasteiger partial charge in [0.2, 0.25) is 5.13 Å². The van der Waals surface area contributed by atoms with Gasteiger partial charge in [0, 0.05) is 13.2 Å². The molecule has 1 unspecified atom stereocenters. The standard InChI is InChI=1S/C8H13N3OS2/c13-8-11-10-7(14-8)9-4-6-2-1-3-12-5-6/h6H,1-5H2,(H,9,10)(H,11,13). The summed E-state index contributed by atoms with van der Waals surface area (Å²) in [4.78, 5) is 0. The normalized spacial score (nSPS) is 22.1. The zero-order valence-electron chi connectivity index (χ0n) is 7.78. The largest absolute Gasteiger partial charge is 0.381 e. The predicted octanol–water partition coefficient (Wildman–Crippen LogP) is 2.04. The van der Waals surface area contributed by atoms with Gasteiger partial charge in [-0.2, -0.15) is 0 Å². The van der Waals surface area contributed by atoms with Crippen LogP contribution in [0.1, 0.15) is 12.8 Å². The highest BCUT2D eigenvalue weighted by Gasteiger charge is 2.13. The van der Waals surface area contributed by atoms with Gasteiger partial charge in [0.15, 0.2) is 3.95 Å². The lowest BCUT2D eigenvalue weighted by atomic mass is 10.0. The van der Waals surface area contributed by atoms with Gasteiger partial charge in [0.05, 0.1) is 6.61 Å². The second-order valence-corrected chi connectivity index (χ2v) is 5.05. The minimum Gasteiger partial charge on any atom is -0.381 e. The van der Waals surface area contributed by atoms with Crippen molar-refractivity contribution in [2.45, 2.75) is 12.8 Å². The summed E-state index contributed by atoms with van der Waals surface area (Å²) in [6.45, 7) is 2.71. The highest BCUT2D eigenvalue weighted by atomic mass is 32.1. The molecule has 0 bridgehead atoms. The lowest BCUT2D eigenvalue weighted by Crippen LogP contribution is -2.24. The average molecular weight is 231 g/mol. The van der Waals surface area contributed by atoms with E-state index in [2.05, 4.69) is 15.5 Å². The van der Waals surface area contributed by atoms with Crippen molar-refractivity contribution in [1.29, 1.82) is 0 Å². The Morgan fingerprint density at radius 1 is 1.71 bits per heavy atom. The molecule has 6 heteroatoms. The number of rotatable bonds is 3. The monoisotopic (exact) mass is 231 g/mol. The molecule has 0 spiro atoms. The highest BCUT2D eigenvalue weighted by molar-refractivity contribution is 7.73. The summed E-state index contributed by atoms with van der Waals surface area (Å²) >= 11 is 6.41. The topological polar surface area (TPSA) is 49.9 Å². The number of aromatic amines is 1. The fourth-order valence-corrected chi connectivity index (χ4v) is 2.30. The molecule has 1 fully saturated rings. The molecule has 1 aliphatic rings. The Hall–Kier alpha value is -0.460. The van der Waals surface area contributed by atoms with Crippen LogP contribution >= 0.6 is 23.6 Å². The summed E-state index contributed by atoms with van der Waals surface area (Å²) in [7, 11) is 0. The third kappa shape index (κ3) is 2.76. The molecule has 0 aliphatic carbocycles. The number of hydrogen-bond acceptors (Lipinski definition) is 5. The van der Waals surface area contributed by atoms with Gasteiger partial charge in [-0.05, 0) is 31.0 Å². The van der Waals surface area contributed by atoms with Crippen LogP contribution in [0.4, 0.5) is 5.13 Å². The molecule has 1 atom stereocenters. The molecule has 14 heavy (non-hydrogen) atoms. The molecule has 78 valence electrons. The molecule has 2 N–H and O–H groups in total. The third-order valence-corrected chi connectivity index (χ3v) is 3.28. The Morgan fingerprint density at radius 3 is 3.29 bits per heavy atom. The Kier molecular flexibility index (Phi) is 3.49. The first-order chi connectivity index (χ1) is 6.84. The number of anilines is 1. The number of nitrogens with zero attached hydrogens (tertiary/aromatic N) is 1. The molecule has 1 aromatic rings. The first kappa shape index (κ1) is 10.1. The van der Waals surface area contributed by atoms with Gasteiger partial charge in [-0.1, -0.05) is 11.3 Å². The van der Waals surface area contributed by atoms with E-state index in [0.717, 1.165) is 24.9 Å². The summed E-state index contributed by atoms with van der Waals surface area (Å²) in [5, 5.41) is 10.9. The van der Waals surface area contributed by atoms with E-state index in [-0.39, 0.29) is 0 Å². The first-order valence-corrected chi connectivity index (χ1v) is 5.94. The molecule has 1 saturated heterocycles. The third-order valence-electron chi connectivity index (χ3n) is 2.23. The van der Waals surface area contributed by atoms with Crippen LogP contribution in [0.15, 0.2) is 0 Å². The first-order valence-electron chi connectivity index (χ1n) is 4.72. The number of aromatic nitrogens is 2. The van der Waals surface area contributed by atoms with Gasteiger partial charge in [-0.3, -0.25) is 5.10 Å². The maximum absolute atomic E-state index is 5.39. The van der Waals surface area contributed by atoms with Crippen molar-refractivity contribution in [2.75, 3.05) is 25.1 Å². The van der Waals surface area contributed by atoms with Gasteiger partial charge < -0.3 is 10.1 Å². The van der Waals surface area contributed by atoms with Crippen molar-refractivity contribution < 1.29 is 4.74 Å². The van der Waals surface area contributed by atoms with E-state index in [9.17, 15) is 0 Å². The molecule has 0 aromatic carbocycles. The Bertz CT molecular complexity index is 329. The minimum atomic E-state index is 0.612. The molecule has 1 aromatic heterocycles. The Labute approximate surface area is 91.7 Å². The second-order valence-electron chi connectivity index (χ2n) is 3.38. The molecule has 4 nitrogen and oxygen atoms in total. The lowest BCUT2D eigenvalue weighted by Gasteiger charge is -2.21. The quantitative estimate of drug-likeness (QED) is 0.782. The van der Waals surface area contributed by atoms with Crippen molar-refractivity contribution in [3.05, 3.63) is 3.95 Å². The lowest BCUT2D eigenvalue weighted by molar-refractivity contribution is 0.0595. The molecular weight excluding hydrogens is 218 g/mol. The molecule has 2 rings (SSSR count). The van der Waals surface area contributed by atoms with E-state index < -0.39 is 0 Å². The smallest absolute Gasteiger partial charge is 0.204 e. The van der Waals surface area contributed by atoms with Gasteiger partial charge in [0.25, 0.3) is 0 Å². The van der Waals surface area contributed by atoms with E-state index in [4.69, 9.17) is 17.0 Å². The SMILES string of the molecule is S=c1[nH]nc(NCC2CCCOC2)s1. The van der Waals surface area contributed by atoms with Gasteiger partial charge in [-0.15, -0.1) is 5.10 Å². The van der Waals surface area contributed by atoms with E-state index in [1.165, 1.54) is 24.2 Å². The average Bonchev–Trinajstić information content (AvgIpc) is 2.63. The maximum atomic E-state index is 5.39. The number of ether oxygens (including phenoxy) is 1. The van der Waals surface area contributed by atoms with E-state index in [1.807, 2.05) is 0 Å². The summed E-state index contributed by atoms with van der Waals surface area (Å²) in [6, 6.07) is 0. The van der Waals surface area contributed by atoms with Crippen molar-refractivity contribution in [3.8, 4) is 0 Å². The van der Waals surface area contributed by atoms with Gasteiger partial charge in [-0.25, -0.2) is 0 Å². The van der Waals surface area contributed by atoms with Crippen LogP contribution in [0.3, 0.4) is 0 Å². The second kappa shape index (κ2) is 4.86. The minimum absolute atomic E-state index is 0.612. The molecule has 1 aliphatic heterocycles. The van der Waals surface area contributed by atoms with Gasteiger partial charge in [0.1, 0.15) is 0 Å². The molecule has 0 saturated carbocycles. The summed E-state index contributed by atoms with van der Waals surface area (Å²) < 4.78 is 6.11. The Morgan fingerprint density at radius 2 is 2.64 bits per heavy atom. The summed E-state index contributed by atoms with van der Waals surface area (Å²) in [6.07, 6.45) is 2.41. The number of hydrogen-bond donors (Lipinski definition) is 2. The summed E-state index contributed by atoms with van der Waals surface area (Å²) in [5.74, 6) is 0.612. The van der Waals surface area contributed by atoms with Crippen LogP contribution in [-0.4, -0.2) is 30.0 Å². The molecule has 0 amide bonds. The fraction of sp³-hybridized carbons (Fsp3) is 0.750.